The number of carboxylic acids is 2. The summed E-state index contributed by atoms with van der Waals surface area (Å²) < 4.78 is 0. The SMILES string of the molecule is CC12NC(Cc3ccccc31)c1ccccc12.O=C(O)/C=C\C(=O)O. The van der Waals surface area contributed by atoms with Crippen molar-refractivity contribution in [2.75, 3.05) is 0 Å². The van der Waals surface area contributed by atoms with Gasteiger partial charge < -0.3 is 10.2 Å². The largest absolute Gasteiger partial charge is 0.478 e. The van der Waals surface area contributed by atoms with E-state index in [1.165, 1.54) is 22.3 Å². The van der Waals surface area contributed by atoms with Crippen LogP contribution in [0.4, 0.5) is 0 Å². The number of aliphatic carboxylic acids is 2. The van der Waals surface area contributed by atoms with Gasteiger partial charge >= 0.3 is 11.9 Å². The number of nitrogens with one attached hydrogen (secondary N) is 1. The van der Waals surface area contributed by atoms with E-state index in [0.29, 0.717) is 18.2 Å². The average molecular weight is 337 g/mol. The minimum absolute atomic E-state index is 0.0100. The van der Waals surface area contributed by atoms with Crippen molar-refractivity contribution in [2.45, 2.75) is 24.9 Å². The van der Waals surface area contributed by atoms with Crippen LogP contribution in [0.5, 0.6) is 0 Å². The Morgan fingerprint density at radius 1 is 1.00 bits per heavy atom. The Kier molecular flexibility index (Phi) is 4.42. The third kappa shape index (κ3) is 3.19. The second-order valence-corrected chi connectivity index (χ2v) is 6.28. The first-order valence-electron chi connectivity index (χ1n) is 8.01. The van der Waals surface area contributed by atoms with Crippen LogP contribution in [0.3, 0.4) is 0 Å². The van der Waals surface area contributed by atoms with Gasteiger partial charge in [0, 0.05) is 18.2 Å². The number of benzene rings is 2. The zero-order chi connectivity index (χ0) is 18.0. The lowest BCUT2D eigenvalue weighted by atomic mass is 9.82. The molecule has 2 aliphatic rings. The van der Waals surface area contributed by atoms with Gasteiger partial charge in [-0.2, -0.15) is 0 Å². The second-order valence-electron chi connectivity index (χ2n) is 6.28. The Morgan fingerprint density at radius 3 is 2.20 bits per heavy atom. The Hall–Kier alpha value is -2.92. The maximum absolute atomic E-state index is 9.55. The number of rotatable bonds is 2. The lowest BCUT2D eigenvalue weighted by molar-refractivity contribution is -0.134. The summed E-state index contributed by atoms with van der Waals surface area (Å²) in [4.78, 5) is 19.1. The fourth-order valence-electron chi connectivity index (χ4n) is 3.69. The first-order chi connectivity index (χ1) is 11.9. The predicted molar refractivity (Wildman–Crippen MR) is 93.3 cm³/mol. The smallest absolute Gasteiger partial charge is 0.328 e. The summed E-state index contributed by atoms with van der Waals surface area (Å²) in [6.45, 7) is 2.31. The van der Waals surface area contributed by atoms with E-state index in [1.807, 2.05) is 0 Å². The summed E-state index contributed by atoms with van der Waals surface area (Å²) in [5.74, 6) is -2.51. The molecule has 0 aromatic heterocycles. The van der Waals surface area contributed by atoms with Gasteiger partial charge in [-0.05, 0) is 35.6 Å². The zero-order valence-corrected chi connectivity index (χ0v) is 13.8. The molecule has 0 saturated heterocycles. The Morgan fingerprint density at radius 2 is 1.56 bits per heavy atom. The molecule has 3 N–H and O–H groups in total. The zero-order valence-electron chi connectivity index (χ0n) is 13.8. The first kappa shape index (κ1) is 16.9. The fourth-order valence-corrected chi connectivity index (χ4v) is 3.69. The van der Waals surface area contributed by atoms with Crippen molar-refractivity contribution in [2.24, 2.45) is 0 Å². The molecule has 0 spiro atoms. The van der Waals surface area contributed by atoms with Gasteiger partial charge in [0.15, 0.2) is 0 Å². The molecule has 5 nitrogen and oxygen atoms in total. The molecule has 0 fully saturated rings. The normalized spacial score (nSPS) is 22.5. The molecule has 4 rings (SSSR count). The standard InChI is InChI=1S/C16H15N.C4H4O4/c1-16-13-8-4-2-6-11(13)10-15(17-16)12-7-3-5-9-14(12)16;5-3(6)1-2-4(7)8/h2-9,15,17H,10H2,1H3;1-2H,(H,5,6)(H,7,8)/b;2-1-. The van der Waals surface area contributed by atoms with E-state index in [-0.39, 0.29) is 5.54 Å². The Bertz CT molecular complexity index is 829. The monoisotopic (exact) mass is 337 g/mol. The van der Waals surface area contributed by atoms with Gasteiger partial charge in [-0.1, -0.05) is 48.5 Å². The van der Waals surface area contributed by atoms with Crippen molar-refractivity contribution < 1.29 is 19.8 Å². The van der Waals surface area contributed by atoms with Crippen molar-refractivity contribution in [3.8, 4) is 0 Å². The van der Waals surface area contributed by atoms with E-state index in [9.17, 15) is 9.59 Å². The number of carboxylic acid groups (broad SMARTS) is 2. The molecule has 2 unspecified atom stereocenters. The topological polar surface area (TPSA) is 86.6 Å². The highest BCUT2D eigenvalue weighted by molar-refractivity contribution is 5.89. The summed E-state index contributed by atoms with van der Waals surface area (Å²) in [7, 11) is 0. The van der Waals surface area contributed by atoms with Crippen molar-refractivity contribution in [1.82, 2.24) is 5.32 Å². The minimum atomic E-state index is -1.26. The molecule has 2 heterocycles. The Labute approximate surface area is 145 Å². The minimum Gasteiger partial charge on any atom is -0.478 e. The molecule has 2 aliphatic heterocycles. The van der Waals surface area contributed by atoms with Gasteiger partial charge in [-0.3, -0.25) is 5.32 Å². The van der Waals surface area contributed by atoms with Gasteiger partial charge in [-0.15, -0.1) is 0 Å². The third-order valence-corrected chi connectivity index (χ3v) is 4.69. The number of carbonyl (C=O) groups is 2. The lowest BCUT2D eigenvalue weighted by Gasteiger charge is -2.34. The summed E-state index contributed by atoms with van der Waals surface area (Å²) in [6.07, 6.45) is 2.23. The van der Waals surface area contributed by atoms with Crippen LogP contribution in [0.25, 0.3) is 0 Å². The Balaban J connectivity index is 0.000000197. The van der Waals surface area contributed by atoms with Crippen LogP contribution in [0.1, 0.15) is 35.2 Å². The van der Waals surface area contributed by atoms with Crippen molar-refractivity contribution >= 4 is 11.9 Å². The van der Waals surface area contributed by atoms with Crippen molar-refractivity contribution in [3.63, 3.8) is 0 Å². The second kappa shape index (κ2) is 6.53. The molecule has 0 amide bonds. The number of hydrogen-bond donors (Lipinski definition) is 3. The number of hydrogen-bond acceptors (Lipinski definition) is 3. The fraction of sp³-hybridized carbons (Fsp3) is 0.200. The van der Waals surface area contributed by atoms with Gasteiger partial charge in [-0.25, -0.2) is 9.59 Å². The maximum atomic E-state index is 9.55. The molecule has 2 atom stereocenters. The van der Waals surface area contributed by atoms with E-state index in [4.69, 9.17) is 10.2 Å². The van der Waals surface area contributed by atoms with Crippen LogP contribution < -0.4 is 5.32 Å². The quantitative estimate of drug-likeness (QED) is 0.734. The van der Waals surface area contributed by atoms with Gasteiger partial charge in [0.05, 0.1) is 5.54 Å². The highest BCUT2D eigenvalue weighted by Gasteiger charge is 2.45. The summed E-state index contributed by atoms with van der Waals surface area (Å²) >= 11 is 0. The van der Waals surface area contributed by atoms with E-state index in [2.05, 4.69) is 60.8 Å². The molecular weight excluding hydrogens is 318 g/mol. The molecule has 2 bridgehead atoms. The highest BCUT2D eigenvalue weighted by Crippen LogP contribution is 2.47. The summed E-state index contributed by atoms with van der Waals surface area (Å²) in [5, 5.41) is 19.4. The van der Waals surface area contributed by atoms with E-state index >= 15 is 0 Å². The molecule has 2 aromatic carbocycles. The van der Waals surface area contributed by atoms with E-state index in [1.54, 1.807) is 0 Å². The van der Waals surface area contributed by atoms with E-state index < -0.39 is 11.9 Å². The molecule has 128 valence electrons. The van der Waals surface area contributed by atoms with Crippen LogP contribution in [0.15, 0.2) is 60.7 Å². The molecule has 0 saturated carbocycles. The van der Waals surface area contributed by atoms with E-state index in [0.717, 1.165) is 6.42 Å². The third-order valence-electron chi connectivity index (χ3n) is 4.69. The average Bonchev–Trinajstić information content (AvgIpc) is 2.83. The molecule has 5 heteroatoms. The predicted octanol–water partition coefficient (Wildman–Crippen LogP) is 2.86. The molecular formula is C20H19NO4. The first-order valence-corrected chi connectivity index (χ1v) is 8.01. The van der Waals surface area contributed by atoms with Crippen LogP contribution in [0.2, 0.25) is 0 Å². The molecule has 2 aromatic rings. The van der Waals surface area contributed by atoms with Gasteiger partial charge in [0.2, 0.25) is 0 Å². The molecule has 0 aliphatic carbocycles. The lowest BCUT2D eigenvalue weighted by Crippen LogP contribution is -2.41. The van der Waals surface area contributed by atoms with Crippen LogP contribution in [0, 0.1) is 0 Å². The summed E-state index contributed by atoms with van der Waals surface area (Å²) in [5.41, 5.74) is 5.88. The van der Waals surface area contributed by atoms with Crippen LogP contribution in [-0.2, 0) is 21.5 Å². The van der Waals surface area contributed by atoms with Crippen LogP contribution >= 0.6 is 0 Å². The maximum Gasteiger partial charge on any atom is 0.328 e. The van der Waals surface area contributed by atoms with Crippen molar-refractivity contribution in [1.29, 1.82) is 0 Å². The van der Waals surface area contributed by atoms with Gasteiger partial charge in [0.25, 0.3) is 0 Å². The number of fused-ring (bicyclic) bond motifs is 7. The van der Waals surface area contributed by atoms with Crippen LogP contribution in [-0.4, -0.2) is 22.2 Å². The van der Waals surface area contributed by atoms with Crippen molar-refractivity contribution in [3.05, 3.63) is 82.9 Å². The highest BCUT2D eigenvalue weighted by atomic mass is 16.4. The molecule has 0 radical (unpaired) electrons. The van der Waals surface area contributed by atoms with Gasteiger partial charge in [0.1, 0.15) is 0 Å². The summed E-state index contributed by atoms with van der Waals surface area (Å²) in [6, 6.07) is 18.2. The molecule has 25 heavy (non-hydrogen) atoms.